The Kier molecular flexibility index (Phi) is 3.68. The number of hydrogen-bond acceptors (Lipinski definition) is 4. The van der Waals surface area contributed by atoms with Gasteiger partial charge in [-0.2, -0.15) is 0 Å². The Labute approximate surface area is 143 Å². The molecule has 0 spiro atoms. The number of carbonyl (C=O) groups is 1. The number of fused-ring (bicyclic) bond motifs is 1. The van der Waals surface area contributed by atoms with Gasteiger partial charge in [0.15, 0.2) is 0 Å². The molecule has 4 rings (SSSR count). The van der Waals surface area contributed by atoms with E-state index in [1.54, 1.807) is 34.0 Å². The third kappa shape index (κ3) is 2.63. The van der Waals surface area contributed by atoms with Gasteiger partial charge in [-0.05, 0) is 43.3 Å². The quantitative estimate of drug-likeness (QED) is 0.798. The summed E-state index contributed by atoms with van der Waals surface area (Å²) in [4.78, 5) is 14.4. The molecular formula is C18H16FN5O. The fourth-order valence-electron chi connectivity index (χ4n) is 2.97. The number of rotatable bonds is 3. The smallest absolute Gasteiger partial charge is 0.257 e. The van der Waals surface area contributed by atoms with E-state index in [4.69, 9.17) is 0 Å². The highest BCUT2D eigenvalue weighted by atomic mass is 19.1. The van der Waals surface area contributed by atoms with E-state index in [9.17, 15) is 9.18 Å². The minimum Gasteiger partial charge on any atom is -0.359 e. The Hall–Kier alpha value is -3.22. The molecule has 1 aliphatic rings. The molecule has 1 aromatic heterocycles. The lowest BCUT2D eigenvalue weighted by Gasteiger charge is -2.36. The molecule has 2 heterocycles. The summed E-state index contributed by atoms with van der Waals surface area (Å²) in [6, 6.07) is 13.4. The van der Waals surface area contributed by atoms with Crippen LogP contribution in [0.25, 0.3) is 5.69 Å². The molecule has 0 aliphatic carbocycles. The average molecular weight is 337 g/mol. The van der Waals surface area contributed by atoms with Crippen LogP contribution in [0, 0.1) is 5.82 Å². The molecule has 1 N–H and O–H groups in total. The van der Waals surface area contributed by atoms with Gasteiger partial charge in [-0.3, -0.25) is 4.79 Å². The van der Waals surface area contributed by atoms with Crippen molar-refractivity contribution in [2.24, 2.45) is 0 Å². The van der Waals surface area contributed by atoms with Crippen LogP contribution in [0.4, 0.5) is 10.1 Å². The van der Waals surface area contributed by atoms with Gasteiger partial charge in [0.1, 0.15) is 17.7 Å². The molecule has 0 saturated heterocycles. The minimum absolute atomic E-state index is 0.0433. The molecule has 2 aromatic carbocycles. The molecule has 1 unspecified atom stereocenters. The van der Waals surface area contributed by atoms with Crippen LogP contribution < -0.4 is 5.32 Å². The van der Waals surface area contributed by atoms with Crippen molar-refractivity contribution in [3.05, 3.63) is 71.8 Å². The number of nitrogens with zero attached hydrogens (tertiary/aromatic N) is 4. The molecule has 7 heteroatoms. The van der Waals surface area contributed by atoms with Gasteiger partial charge in [-0.25, -0.2) is 9.07 Å². The third-order valence-electron chi connectivity index (χ3n) is 4.25. The van der Waals surface area contributed by atoms with E-state index < -0.39 is 6.17 Å². The number of para-hydroxylation sites is 1. The lowest BCUT2D eigenvalue weighted by atomic mass is 10.1. The number of benzene rings is 2. The van der Waals surface area contributed by atoms with Gasteiger partial charge in [0.2, 0.25) is 0 Å². The van der Waals surface area contributed by atoms with Crippen LogP contribution in [0.1, 0.15) is 29.1 Å². The van der Waals surface area contributed by atoms with E-state index in [1.807, 2.05) is 25.1 Å². The van der Waals surface area contributed by atoms with E-state index in [2.05, 4.69) is 15.6 Å². The summed E-state index contributed by atoms with van der Waals surface area (Å²) in [5, 5.41) is 11.7. The molecule has 0 fully saturated rings. The molecular weight excluding hydrogens is 321 g/mol. The first-order valence-corrected chi connectivity index (χ1v) is 8.02. The van der Waals surface area contributed by atoms with Crippen molar-refractivity contribution < 1.29 is 9.18 Å². The van der Waals surface area contributed by atoms with Gasteiger partial charge in [0.05, 0.1) is 17.4 Å². The number of amides is 1. The number of anilines is 1. The fourth-order valence-corrected chi connectivity index (χ4v) is 2.97. The van der Waals surface area contributed by atoms with Crippen molar-refractivity contribution >= 4 is 11.6 Å². The lowest BCUT2D eigenvalue weighted by molar-refractivity contribution is 0.0691. The second kappa shape index (κ2) is 6.01. The maximum Gasteiger partial charge on any atom is 0.257 e. The number of aromatic nitrogens is 3. The molecule has 3 aromatic rings. The van der Waals surface area contributed by atoms with Gasteiger partial charge in [0, 0.05) is 12.2 Å². The summed E-state index contributed by atoms with van der Waals surface area (Å²) in [5.41, 5.74) is 2.74. The van der Waals surface area contributed by atoms with Gasteiger partial charge in [-0.1, -0.05) is 17.3 Å². The summed E-state index contributed by atoms with van der Waals surface area (Å²) >= 11 is 0. The van der Waals surface area contributed by atoms with Crippen molar-refractivity contribution in [1.29, 1.82) is 0 Å². The van der Waals surface area contributed by atoms with Gasteiger partial charge < -0.3 is 10.2 Å². The molecule has 0 radical (unpaired) electrons. The van der Waals surface area contributed by atoms with Gasteiger partial charge >= 0.3 is 0 Å². The van der Waals surface area contributed by atoms with Crippen LogP contribution in [0.2, 0.25) is 0 Å². The molecule has 1 amide bonds. The molecule has 1 atom stereocenters. The molecule has 6 nitrogen and oxygen atoms in total. The minimum atomic E-state index is -0.401. The Morgan fingerprint density at radius 2 is 1.92 bits per heavy atom. The number of carbonyl (C=O) groups excluding carboxylic acids is 1. The summed E-state index contributed by atoms with van der Waals surface area (Å²) in [5.74, 6) is -0.351. The highest BCUT2D eigenvalue weighted by Gasteiger charge is 2.33. The predicted octanol–water partition coefficient (Wildman–Crippen LogP) is 2.99. The first-order valence-electron chi connectivity index (χ1n) is 8.02. The van der Waals surface area contributed by atoms with E-state index in [1.165, 1.54) is 12.1 Å². The van der Waals surface area contributed by atoms with Crippen LogP contribution in [0.5, 0.6) is 0 Å². The Bertz CT molecular complexity index is 921. The molecule has 0 saturated carbocycles. The van der Waals surface area contributed by atoms with Crippen molar-refractivity contribution in [3.8, 4) is 5.69 Å². The summed E-state index contributed by atoms with van der Waals surface area (Å²) < 4.78 is 14.6. The average Bonchev–Trinajstić information content (AvgIpc) is 3.12. The SMILES string of the molecule is CCN1C(=O)c2ccccc2NC1c1cn(-c2ccc(F)cc2)nn1. The highest BCUT2D eigenvalue weighted by Crippen LogP contribution is 2.32. The van der Waals surface area contributed by atoms with E-state index >= 15 is 0 Å². The normalized spacial score (nSPS) is 16.5. The van der Waals surface area contributed by atoms with Crippen LogP contribution in [-0.4, -0.2) is 32.3 Å². The van der Waals surface area contributed by atoms with Crippen molar-refractivity contribution in [2.45, 2.75) is 13.1 Å². The monoisotopic (exact) mass is 337 g/mol. The zero-order valence-corrected chi connectivity index (χ0v) is 13.6. The predicted molar refractivity (Wildman–Crippen MR) is 90.8 cm³/mol. The van der Waals surface area contributed by atoms with Crippen molar-refractivity contribution in [2.75, 3.05) is 11.9 Å². The largest absolute Gasteiger partial charge is 0.359 e. The first kappa shape index (κ1) is 15.3. The Morgan fingerprint density at radius 3 is 2.68 bits per heavy atom. The summed E-state index contributed by atoms with van der Waals surface area (Å²) in [7, 11) is 0. The summed E-state index contributed by atoms with van der Waals surface area (Å²) in [6.45, 7) is 2.46. The number of halogens is 1. The van der Waals surface area contributed by atoms with E-state index in [0.717, 1.165) is 5.69 Å². The third-order valence-corrected chi connectivity index (χ3v) is 4.25. The van der Waals surface area contributed by atoms with Crippen molar-refractivity contribution in [3.63, 3.8) is 0 Å². The first-order chi connectivity index (χ1) is 12.2. The van der Waals surface area contributed by atoms with Crippen LogP contribution >= 0.6 is 0 Å². The number of hydrogen-bond donors (Lipinski definition) is 1. The zero-order valence-electron chi connectivity index (χ0n) is 13.6. The van der Waals surface area contributed by atoms with Crippen molar-refractivity contribution in [1.82, 2.24) is 19.9 Å². The topological polar surface area (TPSA) is 63.1 Å². The second-order valence-electron chi connectivity index (χ2n) is 5.75. The fraction of sp³-hybridized carbons (Fsp3) is 0.167. The maximum atomic E-state index is 13.1. The standard InChI is InChI=1S/C18H16FN5O/c1-2-23-17(20-15-6-4-3-5-14(15)18(23)25)16-11-24(22-21-16)13-9-7-12(19)8-10-13/h3-11,17,20H,2H2,1H3. The Morgan fingerprint density at radius 1 is 1.16 bits per heavy atom. The van der Waals surface area contributed by atoms with Crippen LogP contribution in [0.3, 0.4) is 0 Å². The number of nitrogens with one attached hydrogen (secondary N) is 1. The second-order valence-corrected chi connectivity index (χ2v) is 5.75. The highest BCUT2D eigenvalue weighted by molar-refractivity contribution is 6.01. The zero-order chi connectivity index (χ0) is 17.4. The maximum absolute atomic E-state index is 13.1. The molecule has 126 valence electrons. The van der Waals surface area contributed by atoms with E-state index in [0.29, 0.717) is 23.5 Å². The molecule has 25 heavy (non-hydrogen) atoms. The summed E-state index contributed by atoms with van der Waals surface area (Å²) in [6.07, 6.45) is 1.34. The van der Waals surface area contributed by atoms with Crippen LogP contribution in [0.15, 0.2) is 54.7 Å². The van der Waals surface area contributed by atoms with Crippen LogP contribution in [-0.2, 0) is 0 Å². The molecule has 1 aliphatic heterocycles. The molecule has 0 bridgehead atoms. The lowest BCUT2D eigenvalue weighted by Crippen LogP contribution is -2.42. The van der Waals surface area contributed by atoms with Gasteiger partial charge in [-0.15, -0.1) is 5.10 Å². The van der Waals surface area contributed by atoms with Gasteiger partial charge in [0.25, 0.3) is 5.91 Å². The Balaban J connectivity index is 1.69. The van der Waals surface area contributed by atoms with E-state index in [-0.39, 0.29) is 11.7 Å².